The summed E-state index contributed by atoms with van der Waals surface area (Å²) < 4.78 is 0. The lowest BCUT2D eigenvalue weighted by Gasteiger charge is -2.09. The summed E-state index contributed by atoms with van der Waals surface area (Å²) in [6.45, 7) is 3.57. The van der Waals surface area contributed by atoms with E-state index in [9.17, 15) is 0 Å². The van der Waals surface area contributed by atoms with Crippen LogP contribution in [-0.4, -0.2) is 26.7 Å². The first-order chi connectivity index (χ1) is 5.93. The van der Waals surface area contributed by atoms with Gasteiger partial charge in [0.15, 0.2) is 0 Å². The van der Waals surface area contributed by atoms with Crippen LogP contribution >= 0.6 is 0 Å². The zero-order chi connectivity index (χ0) is 8.65. The summed E-state index contributed by atoms with van der Waals surface area (Å²) in [4.78, 5) is 0. The van der Waals surface area contributed by atoms with Gasteiger partial charge in [-0.3, -0.25) is 0 Å². The molecule has 0 aromatic rings. The van der Waals surface area contributed by atoms with E-state index < -0.39 is 0 Å². The molecule has 0 radical (unpaired) electrons. The van der Waals surface area contributed by atoms with Gasteiger partial charge in [-0.15, -0.1) is 0 Å². The van der Waals surface area contributed by atoms with Gasteiger partial charge < -0.3 is 10.6 Å². The van der Waals surface area contributed by atoms with Crippen LogP contribution in [0.3, 0.4) is 0 Å². The molecule has 1 aliphatic rings. The molecule has 2 N–H and O–H groups in total. The van der Waals surface area contributed by atoms with Crippen LogP contribution in [0, 0.1) is 5.92 Å². The Bertz CT molecular complexity index is 98.0. The lowest BCUT2D eigenvalue weighted by molar-refractivity contribution is 0.483. The SMILES string of the molecule is CNCCCNCC1CCCC1. The summed E-state index contributed by atoms with van der Waals surface area (Å²) in [5.41, 5.74) is 0. The van der Waals surface area contributed by atoms with Gasteiger partial charge in [-0.05, 0) is 51.9 Å². The Morgan fingerprint density at radius 1 is 1.17 bits per heavy atom. The normalized spacial score (nSPS) is 18.8. The Kier molecular flexibility index (Phi) is 5.37. The molecule has 2 heteroatoms. The van der Waals surface area contributed by atoms with Crippen LogP contribution in [0.1, 0.15) is 32.1 Å². The van der Waals surface area contributed by atoms with E-state index in [4.69, 9.17) is 0 Å². The van der Waals surface area contributed by atoms with Crippen molar-refractivity contribution in [2.75, 3.05) is 26.7 Å². The van der Waals surface area contributed by atoms with E-state index in [-0.39, 0.29) is 0 Å². The predicted molar refractivity (Wildman–Crippen MR) is 53.4 cm³/mol. The van der Waals surface area contributed by atoms with Gasteiger partial charge in [0.05, 0.1) is 0 Å². The van der Waals surface area contributed by atoms with Gasteiger partial charge >= 0.3 is 0 Å². The third-order valence-electron chi connectivity index (χ3n) is 2.69. The van der Waals surface area contributed by atoms with E-state index in [1.807, 2.05) is 7.05 Å². The molecule has 0 heterocycles. The average molecular weight is 170 g/mol. The summed E-state index contributed by atoms with van der Waals surface area (Å²) in [5.74, 6) is 0.986. The van der Waals surface area contributed by atoms with Gasteiger partial charge in [-0.2, -0.15) is 0 Å². The molecule has 0 bridgehead atoms. The fourth-order valence-electron chi connectivity index (χ4n) is 1.91. The minimum Gasteiger partial charge on any atom is -0.320 e. The van der Waals surface area contributed by atoms with Crippen molar-refractivity contribution in [1.82, 2.24) is 10.6 Å². The van der Waals surface area contributed by atoms with Crippen molar-refractivity contribution < 1.29 is 0 Å². The monoisotopic (exact) mass is 170 g/mol. The molecular formula is C10H22N2. The highest BCUT2D eigenvalue weighted by Crippen LogP contribution is 2.23. The van der Waals surface area contributed by atoms with Crippen molar-refractivity contribution in [3.05, 3.63) is 0 Å². The van der Waals surface area contributed by atoms with E-state index >= 15 is 0 Å². The molecule has 12 heavy (non-hydrogen) atoms. The molecule has 0 spiro atoms. The standard InChI is InChI=1S/C10H22N2/c1-11-7-4-8-12-9-10-5-2-3-6-10/h10-12H,2-9H2,1H3. The molecule has 0 amide bonds. The smallest absolute Gasteiger partial charge is 0.00205 e. The number of nitrogens with one attached hydrogen (secondary N) is 2. The van der Waals surface area contributed by atoms with Crippen LogP contribution in [0.5, 0.6) is 0 Å². The molecule has 2 nitrogen and oxygen atoms in total. The molecule has 1 saturated carbocycles. The molecule has 0 unspecified atom stereocenters. The number of hydrogen-bond acceptors (Lipinski definition) is 2. The largest absolute Gasteiger partial charge is 0.320 e. The topological polar surface area (TPSA) is 24.1 Å². The Labute approximate surface area is 76.1 Å². The molecule has 0 atom stereocenters. The Hall–Kier alpha value is -0.0800. The van der Waals surface area contributed by atoms with Gasteiger partial charge in [-0.25, -0.2) is 0 Å². The fourth-order valence-corrected chi connectivity index (χ4v) is 1.91. The molecular weight excluding hydrogens is 148 g/mol. The van der Waals surface area contributed by atoms with E-state index in [2.05, 4.69) is 10.6 Å². The predicted octanol–water partition coefficient (Wildman–Crippen LogP) is 1.38. The fraction of sp³-hybridized carbons (Fsp3) is 1.00. The molecule has 0 aromatic heterocycles. The highest BCUT2D eigenvalue weighted by atomic mass is 14.9. The quantitative estimate of drug-likeness (QED) is 0.588. The van der Waals surface area contributed by atoms with Gasteiger partial charge in [0, 0.05) is 0 Å². The Balaban J connectivity index is 1.81. The van der Waals surface area contributed by atoms with Crippen LogP contribution in [0.25, 0.3) is 0 Å². The molecule has 0 aromatic carbocycles. The summed E-state index contributed by atoms with van der Waals surface area (Å²) in [7, 11) is 2.01. The third-order valence-corrected chi connectivity index (χ3v) is 2.69. The van der Waals surface area contributed by atoms with E-state index in [0.29, 0.717) is 0 Å². The number of hydrogen-bond donors (Lipinski definition) is 2. The average Bonchev–Trinajstić information content (AvgIpc) is 2.57. The summed E-state index contributed by atoms with van der Waals surface area (Å²) in [5, 5.41) is 6.68. The molecule has 0 aliphatic heterocycles. The summed E-state index contributed by atoms with van der Waals surface area (Å²) >= 11 is 0. The highest BCUT2D eigenvalue weighted by molar-refractivity contribution is 4.69. The van der Waals surface area contributed by atoms with Crippen molar-refractivity contribution in [2.24, 2.45) is 5.92 Å². The van der Waals surface area contributed by atoms with Crippen molar-refractivity contribution in [1.29, 1.82) is 0 Å². The third kappa shape index (κ3) is 4.07. The van der Waals surface area contributed by atoms with Gasteiger partial charge in [0.1, 0.15) is 0 Å². The maximum atomic E-state index is 3.52. The zero-order valence-corrected chi connectivity index (χ0v) is 8.23. The van der Waals surface area contributed by atoms with Crippen LogP contribution in [0.15, 0.2) is 0 Å². The van der Waals surface area contributed by atoms with Crippen molar-refractivity contribution in [3.63, 3.8) is 0 Å². The first-order valence-electron chi connectivity index (χ1n) is 5.29. The lowest BCUT2D eigenvalue weighted by Crippen LogP contribution is -2.24. The van der Waals surface area contributed by atoms with Gasteiger partial charge in [-0.1, -0.05) is 12.8 Å². The zero-order valence-electron chi connectivity index (χ0n) is 8.23. The first-order valence-corrected chi connectivity index (χ1v) is 5.29. The summed E-state index contributed by atoms with van der Waals surface area (Å²) in [6.07, 6.45) is 7.09. The second-order valence-electron chi connectivity index (χ2n) is 3.81. The van der Waals surface area contributed by atoms with E-state index in [1.165, 1.54) is 45.2 Å². The van der Waals surface area contributed by atoms with Crippen molar-refractivity contribution in [3.8, 4) is 0 Å². The highest BCUT2D eigenvalue weighted by Gasteiger charge is 2.13. The van der Waals surface area contributed by atoms with E-state index in [0.717, 1.165) is 12.5 Å². The Morgan fingerprint density at radius 2 is 1.92 bits per heavy atom. The molecule has 0 saturated heterocycles. The maximum Gasteiger partial charge on any atom is -0.00205 e. The first kappa shape index (κ1) is 10.0. The van der Waals surface area contributed by atoms with Gasteiger partial charge in [0.25, 0.3) is 0 Å². The van der Waals surface area contributed by atoms with Gasteiger partial charge in [0.2, 0.25) is 0 Å². The van der Waals surface area contributed by atoms with Crippen LogP contribution in [-0.2, 0) is 0 Å². The summed E-state index contributed by atoms with van der Waals surface area (Å²) in [6, 6.07) is 0. The minimum atomic E-state index is 0.986. The van der Waals surface area contributed by atoms with Crippen molar-refractivity contribution in [2.45, 2.75) is 32.1 Å². The molecule has 1 rings (SSSR count). The maximum absolute atomic E-state index is 3.52. The van der Waals surface area contributed by atoms with E-state index in [1.54, 1.807) is 0 Å². The minimum absolute atomic E-state index is 0.986. The number of rotatable bonds is 6. The van der Waals surface area contributed by atoms with Crippen LogP contribution in [0.2, 0.25) is 0 Å². The Morgan fingerprint density at radius 3 is 2.58 bits per heavy atom. The second-order valence-corrected chi connectivity index (χ2v) is 3.81. The second kappa shape index (κ2) is 6.44. The van der Waals surface area contributed by atoms with Crippen molar-refractivity contribution >= 4 is 0 Å². The molecule has 72 valence electrons. The molecule has 1 fully saturated rings. The molecule has 1 aliphatic carbocycles. The van der Waals surface area contributed by atoms with Crippen LogP contribution in [0.4, 0.5) is 0 Å². The lowest BCUT2D eigenvalue weighted by atomic mass is 10.1. The van der Waals surface area contributed by atoms with Crippen LogP contribution < -0.4 is 10.6 Å².